The second-order valence-electron chi connectivity index (χ2n) is 6.53. The third kappa shape index (κ3) is 4.27. The maximum Gasteiger partial charge on any atom is 0.131 e. The lowest BCUT2D eigenvalue weighted by Gasteiger charge is -2.27. The van der Waals surface area contributed by atoms with Crippen LogP contribution >= 0.6 is 0 Å². The molecule has 2 unspecified atom stereocenters. The topological polar surface area (TPSA) is 37.8 Å². The van der Waals surface area contributed by atoms with Crippen molar-refractivity contribution in [3.63, 3.8) is 0 Å². The summed E-state index contributed by atoms with van der Waals surface area (Å²) < 4.78 is 0. The molecule has 0 amide bonds. The molecule has 1 heterocycles. The minimum atomic E-state index is 0.493. The molecule has 1 aliphatic carbocycles. The van der Waals surface area contributed by atoms with Gasteiger partial charge in [0.15, 0.2) is 0 Å². The first-order valence-electron chi connectivity index (χ1n) is 8.16. The van der Waals surface area contributed by atoms with E-state index in [0.717, 1.165) is 29.7 Å². The van der Waals surface area contributed by atoms with Crippen LogP contribution in [0.5, 0.6) is 0 Å². The number of hydrogen-bond acceptors (Lipinski definition) is 3. The van der Waals surface area contributed by atoms with Gasteiger partial charge >= 0.3 is 0 Å². The molecule has 0 bridgehead atoms. The average molecular weight is 275 g/mol. The van der Waals surface area contributed by atoms with Crippen LogP contribution in [0.1, 0.15) is 76.0 Å². The fraction of sp³-hybridized carbons (Fsp3) is 0.765. The summed E-state index contributed by atoms with van der Waals surface area (Å²) in [6, 6.07) is 2.60. The average Bonchev–Trinajstić information content (AvgIpc) is 2.44. The van der Waals surface area contributed by atoms with Crippen LogP contribution in [0, 0.1) is 12.8 Å². The molecule has 0 radical (unpaired) electrons. The molecule has 1 saturated carbocycles. The van der Waals surface area contributed by atoms with Crippen molar-refractivity contribution >= 4 is 0 Å². The van der Waals surface area contributed by atoms with Crippen molar-refractivity contribution in [3.8, 4) is 0 Å². The standard InChI is InChI=1S/C17H29N3/c1-5-14-7-6-8-15(10-14)17-19-13(4)9-16(20-17)11-18-12(2)3/h9,12,14-15,18H,5-8,10-11H2,1-4H3. The van der Waals surface area contributed by atoms with Crippen LogP contribution in [0.2, 0.25) is 0 Å². The predicted octanol–water partition coefficient (Wildman–Crippen LogP) is 3.97. The van der Waals surface area contributed by atoms with Gasteiger partial charge in [-0.05, 0) is 31.7 Å². The highest BCUT2D eigenvalue weighted by Crippen LogP contribution is 2.36. The minimum absolute atomic E-state index is 0.493. The van der Waals surface area contributed by atoms with Crippen LogP contribution in [0.4, 0.5) is 0 Å². The Hall–Kier alpha value is -0.960. The molecule has 3 nitrogen and oxygen atoms in total. The zero-order valence-corrected chi connectivity index (χ0v) is 13.4. The lowest BCUT2D eigenvalue weighted by molar-refractivity contribution is 0.306. The Balaban J connectivity index is 2.10. The summed E-state index contributed by atoms with van der Waals surface area (Å²) in [5.74, 6) is 2.53. The highest BCUT2D eigenvalue weighted by atomic mass is 15.0. The third-order valence-corrected chi connectivity index (χ3v) is 4.34. The van der Waals surface area contributed by atoms with Crippen LogP contribution < -0.4 is 5.32 Å². The van der Waals surface area contributed by atoms with Gasteiger partial charge in [-0.25, -0.2) is 9.97 Å². The molecule has 1 fully saturated rings. The van der Waals surface area contributed by atoms with E-state index in [0.29, 0.717) is 12.0 Å². The molecule has 112 valence electrons. The predicted molar refractivity (Wildman–Crippen MR) is 83.7 cm³/mol. The van der Waals surface area contributed by atoms with Crippen molar-refractivity contribution in [2.45, 2.75) is 78.3 Å². The smallest absolute Gasteiger partial charge is 0.131 e. The van der Waals surface area contributed by atoms with Crippen molar-refractivity contribution < 1.29 is 0 Å². The highest BCUT2D eigenvalue weighted by molar-refractivity contribution is 5.13. The SMILES string of the molecule is CCC1CCCC(c2nc(C)cc(CNC(C)C)n2)C1. The Morgan fingerprint density at radius 2 is 2.10 bits per heavy atom. The Kier molecular flexibility index (Phi) is 5.53. The third-order valence-electron chi connectivity index (χ3n) is 4.34. The van der Waals surface area contributed by atoms with Crippen molar-refractivity contribution in [1.82, 2.24) is 15.3 Å². The molecule has 3 heteroatoms. The molecule has 0 aromatic carbocycles. The van der Waals surface area contributed by atoms with Gasteiger partial charge in [0.05, 0.1) is 5.69 Å². The molecule has 1 N–H and O–H groups in total. The van der Waals surface area contributed by atoms with Crippen molar-refractivity contribution in [2.24, 2.45) is 5.92 Å². The van der Waals surface area contributed by atoms with Gasteiger partial charge in [-0.2, -0.15) is 0 Å². The molecule has 0 aliphatic heterocycles. The maximum absolute atomic E-state index is 4.82. The fourth-order valence-electron chi connectivity index (χ4n) is 3.14. The Labute approximate surface area is 123 Å². The second kappa shape index (κ2) is 7.16. The number of aryl methyl sites for hydroxylation is 1. The molecule has 2 rings (SSSR count). The van der Waals surface area contributed by atoms with Gasteiger partial charge in [0.2, 0.25) is 0 Å². The largest absolute Gasteiger partial charge is 0.309 e. The Morgan fingerprint density at radius 3 is 2.80 bits per heavy atom. The van der Waals surface area contributed by atoms with Gasteiger partial charge in [-0.15, -0.1) is 0 Å². The van der Waals surface area contributed by atoms with Crippen LogP contribution in [-0.2, 0) is 6.54 Å². The lowest BCUT2D eigenvalue weighted by Crippen LogP contribution is -2.23. The summed E-state index contributed by atoms with van der Waals surface area (Å²) in [5.41, 5.74) is 2.24. The number of nitrogens with one attached hydrogen (secondary N) is 1. The maximum atomic E-state index is 4.82. The fourth-order valence-corrected chi connectivity index (χ4v) is 3.14. The van der Waals surface area contributed by atoms with Gasteiger partial charge in [0.25, 0.3) is 0 Å². The van der Waals surface area contributed by atoms with E-state index in [2.05, 4.69) is 39.1 Å². The van der Waals surface area contributed by atoms with Gasteiger partial charge in [0.1, 0.15) is 5.82 Å². The van der Waals surface area contributed by atoms with Crippen LogP contribution in [0.25, 0.3) is 0 Å². The first kappa shape index (κ1) is 15.4. The summed E-state index contributed by atoms with van der Waals surface area (Å²) in [5, 5.41) is 3.45. The summed E-state index contributed by atoms with van der Waals surface area (Å²) in [4.78, 5) is 9.54. The van der Waals surface area contributed by atoms with E-state index in [4.69, 9.17) is 9.97 Å². The van der Waals surface area contributed by atoms with E-state index in [1.54, 1.807) is 0 Å². The molecule has 1 aromatic heterocycles. The minimum Gasteiger partial charge on any atom is -0.309 e. The second-order valence-corrected chi connectivity index (χ2v) is 6.53. The van der Waals surface area contributed by atoms with Gasteiger partial charge < -0.3 is 5.32 Å². The van der Waals surface area contributed by atoms with Crippen LogP contribution in [0.3, 0.4) is 0 Å². The zero-order valence-electron chi connectivity index (χ0n) is 13.4. The summed E-state index contributed by atoms with van der Waals surface area (Å²) in [7, 11) is 0. The molecule has 1 aromatic rings. The Morgan fingerprint density at radius 1 is 1.30 bits per heavy atom. The van der Waals surface area contributed by atoms with Gasteiger partial charge in [-0.3, -0.25) is 0 Å². The van der Waals surface area contributed by atoms with E-state index in [1.807, 2.05) is 0 Å². The van der Waals surface area contributed by atoms with Crippen molar-refractivity contribution in [3.05, 3.63) is 23.3 Å². The summed E-state index contributed by atoms with van der Waals surface area (Å²) >= 11 is 0. The van der Waals surface area contributed by atoms with Crippen LogP contribution in [-0.4, -0.2) is 16.0 Å². The monoisotopic (exact) mass is 275 g/mol. The molecular weight excluding hydrogens is 246 g/mol. The number of nitrogens with zero attached hydrogens (tertiary/aromatic N) is 2. The molecule has 0 spiro atoms. The molecule has 2 atom stereocenters. The van der Waals surface area contributed by atoms with E-state index in [-0.39, 0.29) is 0 Å². The molecule has 0 saturated heterocycles. The lowest BCUT2D eigenvalue weighted by atomic mass is 9.80. The number of hydrogen-bond donors (Lipinski definition) is 1. The molecule has 20 heavy (non-hydrogen) atoms. The quantitative estimate of drug-likeness (QED) is 0.883. The first-order chi connectivity index (χ1) is 9.58. The van der Waals surface area contributed by atoms with Crippen molar-refractivity contribution in [1.29, 1.82) is 0 Å². The van der Waals surface area contributed by atoms with E-state index in [1.165, 1.54) is 32.1 Å². The Bertz CT molecular complexity index is 428. The molecule has 1 aliphatic rings. The zero-order chi connectivity index (χ0) is 14.5. The van der Waals surface area contributed by atoms with E-state index >= 15 is 0 Å². The summed E-state index contributed by atoms with van der Waals surface area (Å²) in [6.07, 6.45) is 6.55. The first-order valence-corrected chi connectivity index (χ1v) is 8.16. The molecular formula is C17H29N3. The normalized spacial score (nSPS) is 23.2. The van der Waals surface area contributed by atoms with E-state index in [9.17, 15) is 0 Å². The van der Waals surface area contributed by atoms with Gasteiger partial charge in [-0.1, -0.05) is 40.0 Å². The van der Waals surface area contributed by atoms with Gasteiger partial charge in [0, 0.05) is 24.2 Å². The number of rotatable bonds is 5. The highest BCUT2D eigenvalue weighted by Gasteiger charge is 2.24. The van der Waals surface area contributed by atoms with E-state index < -0.39 is 0 Å². The van der Waals surface area contributed by atoms with Crippen LogP contribution in [0.15, 0.2) is 6.07 Å². The number of aromatic nitrogens is 2. The summed E-state index contributed by atoms with van der Waals surface area (Å²) in [6.45, 7) is 9.58. The van der Waals surface area contributed by atoms with Crippen molar-refractivity contribution in [2.75, 3.05) is 0 Å².